The molecule has 0 saturated heterocycles. The maximum absolute atomic E-state index is 10.4. The summed E-state index contributed by atoms with van der Waals surface area (Å²) < 4.78 is 29.4. The SMILES string of the molecule is O=[N+]([O-])c1[c]cc(S(=O)(=O)O)[c]c1. The molecule has 0 aliphatic carbocycles. The first-order valence-electron chi connectivity index (χ1n) is 2.96. The Bertz CT molecular complexity index is 421. The van der Waals surface area contributed by atoms with Crippen molar-refractivity contribution in [2.45, 2.75) is 4.90 Å². The van der Waals surface area contributed by atoms with Crippen molar-refractivity contribution in [1.29, 1.82) is 0 Å². The number of nitro benzene ring substituents is 1. The quantitative estimate of drug-likeness (QED) is 0.425. The smallest absolute Gasteiger partial charge is 0.282 e. The molecule has 0 atom stereocenters. The number of benzene rings is 1. The molecular weight excluding hydrogens is 198 g/mol. The summed E-state index contributed by atoms with van der Waals surface area (Å²) in [6, 6.07) is 5.73. The van der Waals surface area contributed by atoms with Crippen LogP contribution in [0.2, 0.25) is 0 Å². The van der Waals surface area contributed by atoms with Crippen LogP contribution in [0.3, 0.4) is 0 Å². The summed E-state index contributed by atoms with van der Waals surface area (Å²) >= 11 is 0. The molecule has 0 aromatic heterocycles. The summed E-state index contributed by atoms with van der Waals surface area (Å²) in [6.45, 7) is 0. The maximum Gasteiger partial charge on any atom is 0.295 e. The van der Waals surface area contributed by atoms with Gasteiger partial charge < -0.3 is 0 Å². The number of non-ortho nitro benzene ring substituents is 1. The summed E-state index contributed by atoms with van der Waals surface area (Å²) in [7, 11) is -4.35. The molecule has 0 saturated carbocycles. The van der Waals surface area contributed by atoms with Crippen LogP contribution in [0.15, 0.2) is 17.0 Å². The molecule has 0 spiro atoms. The van der Waals surface area contributed by atoms with E-state index in [1.54, 1.807) is 0 Å². The zero-order valence-electron chi connectivity index (χ0n) is 6.09. The lowest BCUT2D eigenvalue weighted by Crippen LogP contribution is -1.98. The van der Waals surface area contributed by atoms with Gasteiger partial charge in [0, 0.05) is 12.1 Å². The molecule has 1 aromatic carbocycles. The zero-order chi connectivity index (χ0) is 10.1. The second-order valence-corrected chi connectivity index (χ2v) is 3.45. The lowest BCUT2D eigenvalue weighted by molar-refractivity contribution is -0.385. The molecule has 0 aliphatic heterocycles. The molecule has 0 unspecified atom stereocenters. The standard InChI is InChI=1S/C6H3NO5S/c8-7(9)5-1-3-6(4-2-5)13(10,11)12/h1,4H,(H,10,11,12). The van der Waals surface area contributed by atoms with E-state index < -0.39 is 25.6 Å². The van der Waals surface area contributed by atoms with Crippen molar-refractivity contribution in [3.63, 3.8) is 0 Å². The Labute approximate surface area is 73.7 Å². The van der Waals surface area contributed by atoms with E-state index in [2.05, 4.69) is 6.07 Å². The highest BCUT2D eigenvalue weighted by atomic mass is 32.2. The molecule has 1 N–H and O–H groups in total. The Kier molecular flexibility index (Phi) is 2.30. The van der Waals surface area contributed by atoms with Crippen LogP contribution in [0.4, 0.5) is 5.69 Å². The molecule has 0 bridgehead atoms. The first-order valence-corrected chi connectivity index (χ1v) is 4.40. The number of rotatable bonds is 2. The normalized spacial score (nSPS) is 11.2. The monoisotopic (exact) mass is 201 g/mol. The van der Waals surface area contributed by atoms with E-state index in [0.29, 0.717) is 0 Å². The molecule has 0 aliphatic rings. The van der Waals surface area contributed by atoms with E-state index in [-0.39, 0.29) is 0 Å². The van der Waals surface area contributed by atoms with Crippen molar-refractivity contribution in [1.82, 2.24) is 0 Å². The minimum Gasteiger partial charge on any atom is -0.282 e. The van der Waals surface area contributed by atoms with Gasteiger partial charge in [0.15, 0.2) is 0 Å². The number of hydrogen-bond donors (Lipinski definition) is 1. The predicted octanol–water partition coefficient (Wildman–Crippen LogP) is 0.442. The van der Waals surface area contributed by atoms with Crippen LogP contribution in [-0.4, -0.2) is 17.9 Å². The van der Waals surface area contributed by atoms with Gasteiger partial charge in [0.25, 0.3) is 15.8 Å². The summed E-state index contributed by atoms with van der Waals surface area (Å²) in [4.78, 5) is 8.82. The predicted molar refractivity (Wildman–Crippen MR) is 40.6 cm³/mol. The van der Waals surface area contributed by atoms with Gasteiger partial charge >= 0.3 is 0 Å². The second-order valence-electron chi connectivity index (χ2n) is 2.06. The van der Waals surface area contributed by atoms with Crippen molar-refractivity contribution in [3.8, 4) is 0 Å². The van der Waals surface area contributed by atoms with Crippen molar-refractivity contribution >= 4 is 15.8 Å². The van der Waals surface area contributed by atoms with Crippen molar-refractivity contribution in [2.24, 2.45) is 0 Å². The third kappa shape index (κ3) is 2.23. The van der Waals surface area contributed by atoms with Crippen molar-refractivity contribution in [3.05, 3.63) is 34.4 Å². The van der Waals surface area contributed by atoms with Crippen LogP contribution >= 0.6 is 0 Å². The average molecular weight is 201 g/mol. The average Bonchev–Trinajstić information content (AvgIpc) is 2.03. The van der Waals surface area contributed by atoms with Crippen LogP contribution in [0.5, 0.6) is 0 Å². The van der Waals surface area contributed by atoms with Gasteiger partial charge in [0.05, 0.1) is 11.0 Å². The Balaban J connectivity index is 3.16. The first-order chi connectivity index (χ1) is 5.91. The molecule has 2 radical (unpaired) electrons. The highest BCUT2D eigenvalue weighted by Gasteiger charge is 2.12. The molecular formula is C6H3NO5S. The highest BCUT2D eigenvalue weighted by Crippen LogP contribution is 2.13. The van der Waals surface area contributed by atoms with Gasteiger partial charge in [-0.2, -0.15) is 8.42 Å². The van der Waals surface area contributed by atoms with E-state index in [0.717, 1.165) is 12.1 Å². The Hall–Kier alpha value is -1.47. The van der Waals surface area contributed by atoms with Crippen LogP contribution < -0.4 is 0 Å². The van der Waals surface area contributed by atoms with Gasteiger partial charge in [0.1, 0.15) is 4.90 Å². The number of nitro groups is 1. The third-order valence-electron chi connectivity index (χ3n) is 1.18. The number of nitrogens with zero attached hydrogens (tertiary/aromatic N) is 1. The fourth-order valence-corrected chi connectivity index (χ4v) is 1.03. The first kappa shape index (κ1) is 9.62. The molecule has 1 rings (SSSR count). The van der Waals surface area contributed by atoms with E-state index in [1.807, 2.05) is 6.07 Å². The van der Waals surface area contributed by atoms with E-state index >= 15 is 0 Å². The Morgan fingerprint density at radius 3 is 2.31 bits per heavy atom. The lowest BCUT2D eigenvalue weighted by Gasteiger charge is -1.93. The molecule has 6 nitrogen and oxygen atoms in total. The fraction of sp³-hybridized carbons (Fsp3) is 0. The Morgan fingerprint density at radius 2 is 2.00 bits per heavy atom. The van der Waals surface area contributed by atoms with Gasteiger partial charge in [-0.05, 0) is 6.07 Å². The molecule has 68 valence electrons. The summed E-state index contributed by atoms with van der Waals surface area (Å²) in [6.07, 6.45) is 0. The van der Waals surface area contributed by atoms with Gasteiger partial charge in [0.2, 0.25) is 0 Å². The summed E-state index contributed by atoms with van der Waals surface area (Å²) in [5, 5.41) is 10.1. The minimum atomic E-state index is -4.35. The van der Waals surface area contributed by atoms with E-state index in [1.165, 1.54) is 0 Å². The highest BCUT2D eigenvalue weighted by molar-refractivity contribution is 7.85. The molecule has 7 heteroatoms. The fourth-order valence-electron chi connectivity index (χ4n) is 0.617. The Morgan fingerprint density at radius 1 is 1.38 bits per heavy atom. The topological polar surface area (TPSA) is 97.5 Å². The summed E-state index contributed by atoms with van der Waals surface area (Å²) in [5.74, 6) is 0. The largest absolute Gasteiger partial charge is 0.295 e. The van der Waals surface area contributed by atoms with Gasteiger partial charge in [-0.25, -0.2) is 0 Å². The zero-order valence-corrected chi connectivity index (χ0v) is 6.91. The molecule has 13 heavy (non-hydrogen) atoms. The van der Waals surface area contributed by atoms with Crippen LogP contribution in [0.25, 0.3) is 0 Å². The minimum absolute atomic E-state index is 0.410. The molecule has 0 amide bonds. The second kappa shape index (κ2) is 3.11. The van der Waals surface area contributed by atoms with Crippen LogP contribution in [0.1, 0.15) is 0 Å². The van der Waals surface area contributed by atoms with Crippen molar-refractivity contribution < 1.29 is 17.9 Å². The van der Waals surface area contributed by atoms with Crippen LogP contribution in [-0.2, 0) is 10.1 Å². The van der Waals surface area contributed by atoms with Gasteiger partial charge in [-0.3, -0.25) is 14.7 Å². The lowest BCUT2D eigenvalue weighted by atomic mass is 10.3. The van der Waals surface area contributed by atoms with E-state index in [9.17, 15) is 18.5 Å². The molecule has 0 heterocycles. The maximum atomic E-state index is 10.4. The number of hydrogen-bond acceptors (Lipinski definition) is 4. The molecule has 0 fully saturated rings. The van der Waals surface area contributed by atoms with E-state index in [4.69, 9.17) is 4.55 Å². The summed E-state index contributed by atoms with van der Waals surface area (Å²) in [5.41, 5.74) is -0.410. The molecule has 1 aromatic rings. The van der Waals surface area contributed by atoms with Gasteiger partial charge in [-0.1, -0.05) is 0 Å². The van der Waals surface area contributed by atoms with Gasteiger partial charge in [-0.15, -0.1) is 0 Å². The van der Waals surface area contributed by atoms with Crippen molar-refractivity contribution in [2.75, 3.05) is 0 Å². The van der Waals surface area contributed by atoms with Crippen LogP contribution in [0, 0.1) is 22.2 Å². The third-order valence-corrected chi connectivity index (χ3v) is 1.97.